The van der Waals surface area contributed by atoms with Gasteiger partial charge in [0.05, 0.1) is 6.42 Å². The Morgan fingerprint density at radius 3 is 1.94 bits per heavy atom. The van der Waals surface area contributed by atoms with E-state index in [-0.39, 0.29) is 42.7 Å². The van der Waals surface area contributed by atoms with Crippen LogP contribution in [0.5, 0.6) is 5.75 Å². The van der Waals surface area contributed by atoms with Crippen LogP contribution in [0.3, 0.4) is 0 Å². The Morgan fingerprint density at radius 1 is 0.704 bits per heavy atom. The number of aliphatic carboxylic acids is 1. The van der Waals surface area contributed by atoms with Gasteiger partial charge in [-0.05, 0) is 77.9 Å². The summed E-state index contributed by atoms with van der Waals surface area (Å²) in [5.74, 6) is -6.88. The largest absolute Gasteiger partial charge is 0.481 e. The van der Waals surface area contributed by atoms with E-state index in [2.05, 4.69) is 41.1 Å². The van der Waals surface area contributed by atoms with Crippen molar-refractivity contribution in [1.82, 2.24) is 31.6 Å². The SMILES string of the molecule is CSCC[C@H](NC(=O)[C@H](Cc1c[nH]c2ccccc12)NC(=O)c1cc(NC(=O)[C@H](Cc2ccc(OS(=O)(=O)O)cc2)NC(C)=O)ccc1C)C(=O)N[C@@H](CC(=O)O)C(=O)N[C@@H](Cc1ccccc1)C(N)=O. The predicted octanol–water partition coefficient (Wildman–Crippen LogP) is 2.10. The van der Waals surface area contributed by atoms with Gasteiger partial charge in [0.2, 0.25) is 35.4 Å². The van der Waals surface area contributed by atoms with Gasteiger partial charge in [0, 0.05) is 54.5 Å². The molecule has 21 nitrogen and oxygen atoms in total. The van der Waals surface area contributed by atoms with Crippen molar-refractivity contribution in [2.75, 3.05) is 17.3 Å². The summed E-state index contributed by atoms with van der Waals surface area (Å²) in [5.41, 5.74) is 8.73. The summed E-state index contributed by atoms with van der Waals surface area (Å²) in [6, 6.07) is 18.9. The fraction of sp³-hybridized carbons (Fsp3) is 0.292. The number of anilines is 1. The Labute approximate surface area is 412 Å². The summed E-state index contributed by atoms with van der Waals surface area (Å²) in [6.07, 6.45) is 2.41. The highest BCUT2D eigenvalue weighted by Gasteiger charge is 2.33. The molecule has 0 saturated heterocycles. The molecule has 71 heavy (non-hydrogen) atoms. The van der Waals surface area contributed by atoms with Gasteiger partial charge in [0.15, 0.2) is 0 Å². The molecule has 7 amide bonds. The lowest BCUT2D eigenvalue weighted by Crippen LogP contribution is -2.59. The van der Waals surface area contributed by atoms with Crippen molar-refractivity contribution in [1.29, 1.82) is 0 Å². The van der Waals surface area contributed by atoms with Crippen LogP contribution in [0.1, 0.15) is 52.4 Å². The van der Waals surface area contributed by atoms with E-state index in [9.17, 15) is 51.9 Å². The number of aromatic nitrogens is 1. The number of hydrogen-bond acceptors (Lipinski definition) is 12. The highest BCUT2D eigenvalue weighted by Crippen LogP contribution is 2.22. The lowest BCUT2D eigenvalue weighted by atomic mass is 10.0. The van der Waals surface area contributed by atoms with Gasteiger partial charge >= 0.3 is 16.4 Å². The Hall–Kier alpha value is -7.76. The number of aryl methyl sites for hydroxylation is 1. The molecule has 0 bridgehead atoms. The maximum atomic E-state index is 14.4. The third-order valence-corrected chi connectivity index (χ3v) is 12.0. The molecule has 0 spiro atoms. The van der Waals surface area contributed by atoms with E-state index in [1.807, 2.05) is 18.2 Å². The van der Waals surface area contributed by atoms with Crippen LogP contribution >= 0.6 is 11.8 Å². The Bertz CT molecular complexity index is 2860. The van der Waals surface area contributed by atoms with Gasteiger partial charge in [0.1, 0.15) is 36.0 Å². The second-order valence-electron chi connectivity index (χ2n) is 16.4. The number of benzene rings is 4. The first-order chi connectivity index (χ1) is 33.7. The Balaban J connectivity index is 1.37. The summed E-state index contributed by atoms with van der Waals surface area (Å²) >= 11 is 1.35. The molecule has 5 rings (SSSR count). The number of carbonyl (C=O) groups excluding carboxylic acids is 7. The summed E-state index contributed by atoms with van der Waals surface area (Å²) in [4.78, 5) is 109. The number of carbonyl (C=O) groups is 8. The molecule has 0 radical (unpaired) electrons. The van der Waals surface area contributed by atoms with Gasteiger partial charge in [0.25, 0.3) is 5.91 Å². The number of carboxylic acids is 1. The minimum atomic E-state index is -4.78. The van der Waals surface area contributed by atoms with Crippen LogP contribution in [0.4, 0.5) is 5.69 Å². The number of nitrogens with one attached hydrogen (secondary N) is 7. The molecule has 23 heteroatoms. The van der Waals surface area contributed by atoms with Crippen LogP contribution in [0.15, 0.2) is 103 Å². The summed E-state index contributed by atoms with van der Waals surface area (Å²) < 4.78 is 35.6. The minimum Gasteiger partial charge on any atom is -0.481 e. The first kappa shape index (κ1) is 54.2. The van der Waals surface area contributed by atoms with Gasteiger partial charge in [-0.2, -0.15) is 20.2 Å². The standard InChI is InChI=1S/C48H54N8O13S2/c1-27-13-16-32(52-46(63)39(51-28(2)57)22-30-14-17-33(18-15-30)69-71(66,67)68)24-35(27)44(61)55-40(23-31-26-50-36-12-8-7-11-34(31)36)47(64)53-37(19-20-70-3)45(62)56-41(25-42(58)59)48(65)54-38(43(49)60)21-29-9-5-4-6-10-29/h4-18,24,26,37-41,50H,19-23,25H2,1-3H3,(H2,49,60)(H,51,57)(H,52,63)(H,53,64)(H,54,65)(H,55,61)(H,56,62)(H,58,59)(H,66,67,68)/t37-,38-,39-,40-,41-/m0/s1. The summed E-state index contributed by atoms with van der Waals surface area (Å²) in [5, 5.41) is 26.1. The molecule has 376 valence electrons. The lowest BCUT2D eigenvalue weighted by Gasteiger charge is -2.26. The highest BCUT2D eigenvalue weighted by atomic mass is 32.3. The number of rotatable bonds is 25. The van der Waals surface area contributed by atoms with Crippen molar-refractivity contribution < 1.29 is 60.6 Å². The van der Waals surface area contributed by atoms with Crippen LogP contribution in [-0.4, -0.2) is 113 Å². The fourth-order valence-corrected chi connectivity index (χ4v) is 8.24. The molecule has 5 aromatic rings. The van der Waals surface area contributed by atoms with Crippen molar-refractivity contribution in [3.63, 3.8) is 0 Å². The van der Waals surface area contributed by atoms with Crippen LogP contribution in [-0.2, 0) is 63.2 Å². The van der Waals surface area contributed by atoms with Crippen molar-refractivity contribution in [2.24, 2.45) is 5.73 Å². The first-order valence-corrected chi connectivity index (χ1v) is 24.7. The fourth-order valence-electron chi connectivity index (χ4n) is 7.41. The number of fused-ring (bicyclic) bond motifs is 1. The van der Waals surface area contributed by atoms with Crippen LogP contribution in [0, 0.1) is 6.92 Å². The van der Waals surface area contributed by atoms with Crippen LogP contribution in [0.2, 0.25) is 0 Å². The van der Waals surface area contributed by atoms with Crippen molar-refractivity contribution in [3.05, 3.63) is 131 Å². The Kier molecular flexibility index (Phi) is 19.2. The second kappa shape index (κ2) is 25.2. The topological polar surface area (TPSA) is 334 Å². The predicted molar refractivity (Wildman–Crippen MR) is 263 cm³/mol. The maximum absolute atomic E-state index is 14.4. The number of H-pyrrole nitrogens is 1. The molecule has 0 fully saturated rings. The molecule has 0 aliphatic heterocycles. The molecule has 0 saturated carbocycles. The van der Waals surface area contributed by atoms with E-state index in [1.165, 1.54) is 55.1 Å². The number of hydrogen-bond donors (Lipinski definition) is 10. The van der Waals surface area contributed by atoms with Crippen molar-refractivity contribution in [2.45, 2.75) is 76.2 Å². The molecule has 1 aromatic heterocycles. The molecule has 4 aromatic carbocycles. The van der Waals surface area contributed by atoms with E-state index < -0.39 is 94.3 Å². The first-order valence-electron chi connectivity index (χ1n) is 21.9. The maximum Gasteiger partial charge on any atom is 0.446 e. The number of para-hydroxylation sites is 1. The quantitative estimate of drug-likeness (QED) is 0.0375. The van der Waals surface area contributed by atoms with Gasteiger partial charge < -0.3 is 51.9 Å². The number of aromatic amines is 1. The zero-order valence-electron chi connectivity index (χ0n) is 38.7. The van der Waals surface area contributed by atoms with Crippen molar-refractivity contribution in [3.8, 4) is 5.75 Å². The minimum absolute atomic E-state index is 0.0112. The molecular weight excluding hydrogens is 961 g/mol. The second-order valence-corrected chi connectivity index (χ2v) is 18.4. The molecule has 0 aliphatic carbocycles. The van der Waals surface area contributed by atoms with E-state index in [0.29, 0.717) is 28.0 Å². The van der Waals surface area contributed by atoms with E-state index in [0.717, 1.165) is 10.9 Å². The van der Waals surface area contributed by atoms with Crippen LogP contribution < -0.4 is 41.8 Å². The normalized spacial score (nSPS) is 13.3. The smallest absolute Gasteiger partial charge is 0.446 e. The van der Waals surface area contributed by atoms with E-state index in [4.69, 9.17) is 10.3 Å². The Morgan fingerprint density at radius 2 is 1.30 bits per heavy atom. The highest BCUT2D eigenvalue weighted by molar-refractivity contribution is 7.98. The van der Waals surface area contributed by atoms with Gasteiger partial charge in [-0.25, -0.2) is 0 Å². The molecule has 0 unspecified atom stereocenters. The summed E-state index contributed by atoms with van der Waals surface area (Å²) in [6.45, 7) is 2.84. The van der Waals surface area contributed by atoms with Crippen LogP contribution in [0.25, 0.3) is 10.9 Å². The summed E-state index contributed by atoms with van der Waals surface area (Å²) in [7, 11) is -4.78. The molecule has 0 aliphatic rings. The third kappa shape index (κ3) is 16.7. The van der Waals surface area contributed by atoms with Gasteiger partial charge in [-0.3, -0.25) is 42.9 Å². The molecular formula is C48H54N8O13S2. The van der Waals surface area contributed by atoms with E-state index >= 15 is 0 Å². The molecule has 5 atom stereocenters. The third-order valence-electron chi connectivity index (χ3n) is 10.9. The number of carboxylic acid groups (broad SMARTS) is 1. The number of nitrogens with two attached hydrogens (primary N) is 1. The van der Waals surface area contributed by atoms with Crippen molar-refractivity contribution >= 4 is 86.1 Å². The number of thioether (sulfide) groups is 1. The zero-order valence-corrected chi connectivity index (χ0v) is 40.4. The number of amides is 7. The van der Waals surface area contributed by atoms with Gasteiger partial charge in [-0.15, -0.1) is 0 Å². The molecule has 11 N–H and O–H groups in total. The molecule has 1 heterocycles. The monoisotopic (exact) mass is 1010 g/mol. The van der Waals surface area contributed by atoms with Gasteiger partial charge in [-0.1, -0.05) is 66.7 Å². The average Bonchev–Trinajstić information content (AvgIpc) is 3.72. The zero-order chi connectivity index (χ0) is 51.8. The average molecular weight is 1020 g/mol. The lowest BCUT2D eigenvalue weighted by molar-refractivity contribution is -0.141. The van der Waals surface area contributed by atoms with E-state index in [1.54, 1.807) is 61.8 Å². The number of primary amides is 1.